The van der Waals surface area contributed by atoms with E-state index in [0.29, 0.717) is 25.7 Å². The van der Waals surface area contributed by atoms with Crippen molar-refractivity contribution in [1.29, 1.82) is 0 Å². The minimum Gasteiger partial charge on any atom is -0.744 e. The van der Waals surface area contributed by atoms with Crippen LogP contribution >= 0.6 is 0 Å². The first-order valence-corrected chi connectivity index (χ1v) is 32.8. The number of benzene rings is 2. The van der Waals surface area contributed by atoms with Gasteiger partial charge in [0.2, 0.25) is 0 Å². The SMILES string of the molecule is C/C=C/CCCCCCCCCOC(=O)c1ccc(S(=O)(=O)[O-])cc1C(=O)OCCCCCCCCC/C=C/C.C/C=C/CCCCCCCCCOC(=O)c1ccc(S(=O)(=O)[O-])cc1C(=O)OCCCCCCCCC/C=C/C.[Ca+2]. The maximum Gasteiger partial charge on any atom is 2.00 e. The molecule has 0 bridgehead atoms. The Morgan fingerprint density at radius 2 is 0.531 bits per heavy atom. The molecular formula is C64H98CaO14S2. The van der Waals surface area contributed by atoms with Gasteiger partial charge in [-0.25, -0.2) is 36.0 Å². The van der Waals surface area contributed by atoms with Crippen molar-refractivity contribution in [2.75, 3.05) is 26.4 Å². The van der Waals surface area contributed by atoms with Gasteiger partial charge in [-0.1, -0.05) is 177 Å². The fraction of sp³-hybridized carbons (Fsp3) is 0.625. The van der Waals surface area contributed by atoms with Crippen LogP contribution in [-0.4, -0.2) is 114 Å². The zero-order valence-corrected chi connectivity index (χ0v) is 53.6. The van der Waals surface area contributed by atoms with Crippen molar-refractivity contribution in [2.24, 2.45) is 0 Å². The number of unbranched alkanes of at least 4 members (excludes halogenated alkanes) is 28. The third kappa shape index (κ3) is 40.3. The van der Waals surface area contributed by atoms with Gasteiger partial charge in [0.05, 0.1) is 58.5 Å². The molecule has 0 heterocycles. The second kappa shape index (κ2) is 50.8. The molecule has 0 atom stereocenters. The Labute approximate surface area is 518 Å². The van der Waals surface area contributed by atoms with Crippen LogP contribution in [0.4, 0.5) is 0 Å². The molecule has 0 saturated heterocycles. The Morgan fingerprint density at radius 1 is 0.333 bits per heavy atom. The number of allylic oxidation sites excluding steroid dienone is 8. The number of ether oxygens (including phenoxy) is 4. The molecule has 0 aliphatic heterocycles. The molecule has 452 valence electrons. The molecule has 0 N–H and O–H groups in total. The first-order valence-electron chi connectivity index (χ1n) is 29.9. The van der Waals surface area contributed by atoms with Gasteiger partial charge in [-0.3, -0.25) is 0 Å². The molecule has 0 aliphatic rings. The molecular weight excluding hydrogens is 1100 g/mol. The Balaban J connectivity index is 0.00000156. The summed E-state index contributed by atoms with van der Waals surface area (Å²) in [7, 11) is -9.61. The number of carbonyl (C=O) groups is 4. The van der Waals surface area contributed by atoms with Gasteiger partial charge < -0.3 is 28.1 Å². The molecule has 0 saturated carbocycles. The average Bonchev–Trinajstić information content (AvgIpc) is 3.46. The van der Waals surface area contributed by atoms with Gasteiger partial charge in [-0.05, 0) is 141 Å². The van der Waals surface area contributed by atoms with E-state index in [-0.39, 0.29) is 86.4 Å². The van der Waals surface area contributed by atoms with E-state index in [9.17, 15) is 45.1 Å². The molecule has 0 unspecified atom stereocenters. The molecule has 2 aromatic carbocycles. The van der Waals surface area contributed by atoms with E-state index in [1.807, 2.05) is 27.7 Å². The van der Waals surface area contributed by atoms with Crippen LogP contribution in [0.15, 0.2) is 94.8 Å². The van der Waals surface area contributed by atoms with Gasteiger partial charge in [0, 0.05) is 0 Å². The third-order valence-corrected chi connectivity index (χ3v) is 15.0. The second-order valence-electron chi connectivity index (χ2n) is 20.2. The van der Waals surface area contributed by atoms with Crippen LogP contribution in [0, 0.1) is 0 Å². The normalized spacial score (nSPS) is 11.7. The molecule has 0 aromatic heterocycles. The number of rotatable bonds is 46. The van der Waals surface area contributed by atoms with Gasteiger partial charge in [-0.15, -0.1) is 0 Å². The summed E-state index contributed by atoms with van der Waals surface area (Å²) in [4.78, 5) is 49.7. The summed E-state index contributed by atoms with van der Waals surface area (Å²) in [5.41, 5.74) is -0.727. The van der Waals surface area contributed by atoms with Crippen molar-refractivity contribution in [3.05, 3.63) is 107 Å². The maximum absolute atomic E-state index is 12.7. The third-order valence-electron chi connectivity index (χ3n) is 13.4. The monoisotopic (exact) mass is 1190 g/mol. The number of esters is 4. The first kappa shape index (κ1) is 77.4. The molecule has 0 aliphatic carbocycles. The zero-order valence-electron chi connectivity index (χ0n) is 49.8. The number of carbonyl (C=O) groups excluding carboxylic acids is 4. The van der Waals surface area contributed by atoms with E-state index in [1.54, 1.807) is 0 Å². The first-order chi connectivity index (χ1) is 38.6. The minimum absolute atomic E-state index is 0. The Bertz CT molecular complexity index is 2200. The summed E-state index contributed by atoms with van der Waals surface area (Å²) in [6, 6.07) is 6.15. The largest absolute Gasteiger partial charge is 2.00 e. The van der Waals surface area contributed by atoms with Crippen molar-refractivity contribution in [2.45, 2.75) is 243 Å². The van der Waals surface area contributed by atoms with Crippen molar-refractivity contribution in [3.63, 3.8) is 0 Å². The molecule has 14 nitrogen and oxygen atoms in total. The Hall–Kier alpha value is -3.64. The van der Waals surface area contributed by atoms with E-state index < -0.39 is 53.9 Å². The van der Waals surface area contributed by atoms with E-state index in [2.05, 4.69) is 48.6 Å². The average molecular weight is 1200 g/mol. The molecule has 0 fully saturated rings. The van der Waals surface area contributed by atoms with Gasteiger partial charge in [0.1, 0.15) is 20.2 Å². The molecule has 0 spiro atoms. The van der Waals surface area contributed by atoms with Gasteiger partial charge in [0.15, 0.2) is 0 Å². The predicted molar refractivity (Wildman–Crippen MR) is 323 cm³/mol. The van der Waals surface area contributed by atoms with Crippen LogP contribution in [0.2, 0.25) is 0 Å². The van der Waals surface area contributed by atoms with Crippen LogP contribution in [0.5, 0.6) is 0 Å². The van der Waals surface area contributed by atoms with Crippen LogP contribution in [-0.2, 0) is 39.2 Å². The molecule has 0 radical (unpaired) electrons. The summed E-state index contributed by atoms with van der Waals surface area (Å²) < 4.78 is 90.3. The smallest absolute Gasteiger partial charge is 0.744 e. The quantitative estimate of drug-likeness (QED) is 0.0150. The van der Waals surface area contributed by atoms with Crippen molar-refractivity contribution >= 4 is 81.9 Å². The fourth-order valence-electron chi connectivity index (χ4n) is 8.68. The van der Waals surface area contributed by atoms with E-state index >= 15 is 0 Å². The van der Waals surface area contributed by atoms with Crippen LogP contribution < -0.4 is 0 Å². The van der Waals surface area contributed by atoms with Crippen molar-refractivity contribution < 1.29 is 64.1 Å². The van der Waals surface area contributed by atoms with Crippen LogP contribution in [0.1, 0.15) is 275 Å². The Kier molecular flexibility index (Phi) is 48.6. The van der Waals surface area contributed by atoms with Gasteiger partial charge in [0.25, 0.3) is 0 Å². The van der Waals surface area contributed by atoms with Crippen molar-refractivity contribution in [1.82, 2.24) is 0 Å². The van der Waals surface area contributed by atoms with E-state index in [0.717, 1.165) is 139 Å². The molecule has 17 heteroatoms. The van der Waals surface area contributed by atoms with Crippen LogP contribution in [0.25, 0.3) is 0 Å². The molecule has 0 amide bonds. The summed E-state index contributed by atoms with van der Waals surface area (Å²) >= 11 is 0. The summed E-state index contributed by atoms with van der Waals surface area (Å²) in [6.45, 7) is 8.82. The summed E-state index contributed by atoms with van der Waals surface area (Å²) in [5, 5.41) is 0. The van der Waals surface area contributed by atoms with Crippen molar-refractivity contribution in [3.8, 4) is 0 Å². The van der Waals surface area contributed by atoms with Crippen LogP contribution in [0.3, 0.4) is 0 Å². The second-order valence-corrected chi connectivity index (χ2v) is 23.0. The van der Waals surface area contributed by atoms with Gasteiger partial charge >= 0.3 is 61.6 Å². The molecule has 2 rings (SSSR count). The topological polar surface area (TPSA) is 220 Å². The number of hydrogen-bond donors (Lipinski definition) is 0. The maximum atomic E-state index is 12.7. The number of hydrogen-bond acceptors (Lipinski definition) is 14. The standard InChI is InChI=1S/2C32H50O7S.Ca/c2*1-3-5-7-9-11-13-15-17-19-21-25-38-31(33)29-24-23-28(40(35,36)37)27-30(29)32(34)39-26-22-20-18-16-14-12-10-8-6-4-2;/h2*3-6,23-24,27H,7-22,25-26H2,1-2H3,(H,35,36,37);/q;;+2/p-2/b2*5-3+,6-4+;. The molecule has 81 heavy (non-hydrogen) atoms. The predicted octanol–water partition coefficient (Wildman–Crippen LogP) is 16.2. The van der Waals surface area contributed by atoms with E-state index in [4.69, 9.17) is 18.9 Å². The van der Waals surface area contributed by atoms with E-state index in [1.165, 1.54) is 77.0 Å². The Morgan fingerprint density at radius 3 is 0.741 bits per heavy atom. The fourth-order valence-corrected chi connectivity index (χ4v) is 9.67. The zero-order chi connectivity index (χ0) is 59.0. The summed E-state index contributed by atoms with van der Waals surface area (Å²) in [5.74, 6) is -3.15. The molecule has 2 aromatic rings. The summed E-state index contributed by atoms with van der Waals surface area (Å²) in [6.07, 6.45) is 51.0. The van der Waals surface area contributed by atoms with Gasteiger partial charge in [-0.2, -0.15) is 0 Å². The minimum atomic E-state index is -4.80.